The van der Waals surface area contributed by atoms with Crippen LogP contribution in [0.3, 0.4) is 0 Å². The Kier molecular flexibility index (Phi) is 11.0. The van der Waals surface area contributed by atoms with E-state index in [1.807, 2.05) is 71.0 Å². The first-order chi connectivity index (χ1) is 17.0. The lowest BCUT2D eigenvalue weighted by molar-refractivity contribution is -0.140. The molecule has 0 unspecified atom stereocenters. The molecular formula is C28H41N3O4S. The molecule has 0 heterocycles. The normalized spacial score (nSPS) is 12.3. The molecule has 1 atom stereocenters. The van der Waals surface area contributed by atoms with Crippen molar-refractivity contribution in [3.05, 3.63) is 65.2 Å². The summed E-state index contributed by atoms with van der Waals surface area (Å²) in [7, 11) is -3.77. The highest BCUT2D eigenvalue weighted by Gasteiger charge is 2.32. The number of sulfonamides is 1. The van der Waals surface area contributed by atoms with Gasteiger partial charge in [-0.1, -0.05) is 82.1 Å². The van der Waals surface area contributed by atoms with Crippen LogP contribution in [0.5, 0.6) is 0 Å². The molecule has 0 fully saturated rings. The molecule has 0 aliphatic rings. The topological polar surface area (TPSA) is 86.8 Å². The minimum atomic E-state index is -3.77. The Labute approximate surface area is 216 Å². The number of carbonyl (C=O) groups is 2. The van der Waals surface area contributed by atoms with Crippen LogP contribution in [0.1, 0.15) is 69.6 Å². The Morgan fingerprint density at radius 3 is 2.31 bits per heavy atom. The molecule has 0 aliphatic heterocycles. The summed E-state index contributed by atoms with van der Waals surface area (Å²) in [5.41, 5.74) is 3.25. The van der Waals surface area contributed by atoms with Gasteiger partial charge in [0.1, 0.15) is 12.6 Å². The minimum Gasteiger partial charge on any atom is -0.354 e. The zero-order valence-electron chi connectivity index (χ0n) is 22.5. The molecule has 0 aliphatic carbocycles. The molecule has 0 saturated heterocycles. The molecule has 198 valence electrons. The molecule has 2 amide bonds. The number of benzene rings is 2. The van der Waals surface area contributed by atoms with Crippen molar-refractivity contribution in [3.63, 3.8) is 0 Å². The number of aryl methyl sites for hydroxylation is 1. The van der Waals surface area contributed by atoms with E-state index in [1.165, 1.54) is 4.90 Å². The van der Waals surface area contributed by atoms with Crippen LogP contribution in [0.2, 0.25) is 0 Å². The molecule has 0 bridgehead atoms. The fraction of sp³-hybridized carbons (Fsp3) is 0.500. The third-order valence-electron chi connectivity index (χ3n) is 6.16. The van der Waals surface area contributed by atoms with E-state index < -0.39 is 22.0 Å². The Balaban J connectivity index is 2.47. The molecule has 2 aromatic rings. The summed E-state index contributed by atoms with van der Waals surface area (Å²) >= 11 is 0. The van der Waals surface area contributed by atoms with Gasteiger partial charge in [-0.25, -0.2) is 8.42 Å². The maximum atomic E-state index is 13.8. The number of amides is 2. The molecule has 36 heavy (non-hydrogen) atoms. The molecule has 0 aromatic heterocycles. The number of para-hydroxylation sites is 1. The van der Waals surface area contributed by atoms with Crippen LogP contribution in [0.4, 0.5) is 5.69 Å². The third kappa shape index (κ3) is 8.08. The second-order valence-corrected chi connectivity index (χ2v) is 11.5. The summed E-state index contributed by atoms with van der Waals surface area (Å²) in [5.74, 6) is -0.574. The summed E-state index contributed by atoms with van der Waals surface area (Å²) in [6.07, 6.45) is 3.32. The van der Waals surface area contributed by atoms with Crippen molar-refractivity contribution >= 4 is 27.5 Å². The van der Waals surface area contributed by atoms with Crippen molar-refractivity contribution in [2.24, 2.45) is 0 Å². The van der Waals surface area contributed by atoms with E-state index in [0.29, 0.717) is 18.7 Å². The summed E-state index contributed by atoms with van der Waals surface area (Å²) in [5, 5.41) is 2.94. The smallest absolute Gasteiger partial charge is 0.244 e. The van der Waals surface area contributed by atoms with Gasteiger partial charge in [0, 0.05) is 13.1 Å². The van der Waals surface area contributed by atoms with Crippen LogP contribution in [-0.4, -0.2) is 50.5 Å². The van der Waals surface area contributed by atoms with E-state index in [0.717, 1.165) is 40.1 Å². The molecule has 7 nitrogen and oxygen atoms in total. The van der Waals surface area contributed by atoms with Gasteiger partial charge in [-0.15, -0.1) is 0 Å². The Bertz CT molecular complexity index is 1130. The van der Waals surface area contributed by atoms with E-state index in [2.05, 4.69) is 5.32 Å². The fourth-order valence-electron chi connectivity index (χ4n) is 4.23. The van der Waals surface area contributed by atoms with Gasteiger partial charge in [0.25, 0.3) is 0 Å². The number of hydrogen-bond acceptors (Lipinski definition) is 4. The van der Waals surface area contributed by atoms with Crippen LogP contribution in [0, 0.1) is 6.92 Å². The lowest BCUT2D eigenvalue weighted by atomic mass is 10.0. The zero-order valence-corrected chi connectivity index (χ0v) is 23.3. The lowest BCUT2D eigenvalue weighted by Crippen LogP contribution is -2.52. The largest absolute Gasteiger partial charge is 0.354 e. The van der Waals surface area contributed by atoms with E-state index in [-0.39, 0.29) is 24.9 Å². The van der Waals surface area contributed by atoms with Crippen LogP contribution in [-0.2, 0) is 26.2 Å². The van der Waals surface area contributed by atoms with Crippen molar-refractivity contribution in [3.8, 4) is 0 Å². The highest BCUT2D eigenvalue weighted by molar-refractivity contribution is 7.92. The molecule has 0 spiro atoms. The number of rotatable bonds is 13. The minimum absolute atomic E-state index is 0.0664. The third-order valence-corrected chi connectivity index (χ3v) is 7.28. The summed E-state index contributed by atoms with van der Waals surface area (Å²) in [6, 6.07) is 14.3. The van der Waals surface area contributed by atoms with Gasteiger partial charge in [-0.3, -0.25) is 13.9 Å². The van der Waals surface area contributed by atoms with Crippen LogP contribution in [0.15, 0.2) is 48.5 Å². The van der Waals surface area contributed by atoms with Gasteiger partial charge in [0.2, 0.25) is 21.8 Å². The van der Waals surface area contributed by atoms with Gasteiger partial charge in [0.05, 0.1) is 11.9 Å². The van der Waals surface area contributed by atoms with E-state index in [4.69, 9.17) is 0 Å². The molecule has 1 N–H and O–H groups in total. The Hall–Kier alpha value is -2.87. The first-order valence-electron chi connectivity index (χ1n) is 12.7. The summed E-state index contributed by atoms with van der Waals surface area (Å²) < 4.78 is 26.9. The first kappa shape index (κ1) is 29.4. The quantitative estimate of drug-likeness (QED) is 0.395. The summed E-state index contributed by atoms with van der Waals surface area (Å²) in [6.45, 7) is 10.2. The van der Waals surface area contributed by atoms with Crippen molar-refractivity contribution in [1.82, 2.24) is 10.2 Å². The van der Waals surface area contributed by atoms with Crippen molar-refractivity contribution < 1.29 is 18.0 Å². The first-order valence-corrected chi connectivity index (χ1v) is 14.5. The molecule has 8 heteroatoms. The Morgan fingerprint density at radius 1 is 1.03 bits per heavy atom. The van der Waals surface area contributed by atoms with E-state index in [1.54, 1.807) is 12.1 Å². The predicted octanol–water partition coefficient (Wildman–Crippen LogP) is 4.61. The maximum absolute atomic E-state index is 13.8. The van der Waals surface area contributed by atoms with Gasteiger partial charge in [-0.2, -0.15) is 0 Å². The molecule has 2 aromatic carbocycles. The SMILES string of the molecule is CCCCNC(=O)[C@@H](CC)N(Cc1cccc(C)c1)C(=O)CN(c1ccccc1C(C)C)S(C)(=O)=O. The number of hydrogen-bond donors (Lipinski definition) is 1. The monoisotopic (exact) mass is 515 g/mol. The molecule has 0 saturated carbocycles. The van der Waals surface area contributed by atoms with Gasteiger partial charge < -0.3 is 10.2 Å². The van der Waals surface area contributed by atoms with Crippen LogP contribution >= 0.6 is 0 Å². The second kappa shape index (κ2) is 13.4. The van der Waals surface area contributed by atoms with E-state index in [9.17, 15) is 18.0 Å². The highest BCUT2D eigenvalue weighted by Crippen LogP contribution is 2.29. The number of nitrogens with one attached hydrogen (secondary N) is 1. The number of unbranched alkanes of at least 4 members (excludes halogenated alkanes) is 1. The van der Waals surface area contributed by atoms with E-state index >= 15 is 0 Å². The number of anilines is 1. The average molecular weight is 516 g/mol. The van der Waals surface area contributed by atoms with Gasteiger partial charge in [-0.05, 0) is 42.9 Å². The average Bonchev–Trinajstić information content (AvgIpc) is 2.81. The van der Waals surface area contributed by atoms with Crippen molar-refractivity contribution in [2.45, 2.75) is 72.4 Å². The molecule has 2 rings (SSSR count). The maximum Gasteiger partial charge on any atom is 0.244 e. The van der Waals surface area contributed by atoms with Crippen LogP contribution < -0.4 is 9.62 Å². The predicted molar refractivity (Wildman–Crippen MR) is 146 cm³/mol. The lowest BCUT2D eigenvalue weighted by Gasteiger charge is -2.33. The molecular weight excluding hydrogens is 474 g/mol. The number of carbonyl (C=O) groups excluding carboxylic acids is 2. The summed E-state index contributed by atoms with van der Waals surface area (Å²) in [4.78, 5) is 28.5. The van der Waals surface area contributed by atoms with Gasteiger partial charge >= 0.3 is 0 Å². The zero-order chi connectivity index (χ0) is 26.9. The fourth-order valence-corrected chi connectivity index (χ4v) is 5.10. The van der Waals surface area contributed by atoms with Crippen LogP contribution in [0.25, 0.3) is 0 Å². The van der Waals surface area contributed by atoms with Crippen molar-refractivity contribution in [1.29, 1.82) is 0 Å². The highest BCUT2D eigenvalue weighted by atomic mass is 32.2. The van der Waals surface area contributed by atoms with Gasteiger partial charge in [0.15, 0.2) is 0 Å². The molecule has 0 radical (unpaired) electrons. The number of nitrogens with zero attached hydrogens (tertiary/aromatic N) is 2. The Morgan fingerprint density at radius 2 is 1.72 bits per heavy atom. The van der Waals surface area contributed by atoms with Crippen molar-refractivity contribution in [2.75, 3.05) is 23.7 Å². The standard InChI is InChI=1S/C28H41N3O4S/c1-7-9-17-29-28(33)25(8-2)30(19-23-14-12-13-22(5)18-23)27(32)20-31(36(6,34)35)26-16-11-10-15-24(26)21(3)4/h10-16,18,21,25H,7-9,17,19-20H2,1-6H3,(H,29,33)/t25-/m1/s1. The second-order valence-electron chi connectivity index (χ2n) is 9.56.